The molecule has 0 aliphatic carbocycles. The first-order chi connectivity index (χ1) is 14.4. The van der Waals surface area contributed by atoms with Crippen molar-refractivity contribution in [2.24, 2.45) is 0 Å². The van der Waals surface area contributed by atoms with Crippen LogP contribution >= 0.6 is 11.3 Å². The molecule has 1 aliphatic heterocycles. The molecule has 0 saturated carbocycles. The lowest BCUT2D eigenvalue weighted by Crippen LogP contribution is -2.39. The molecule has 1 atom stereocenters. The molecule has 0 bridgehead atoms. The molecule has 1 saturated heterocycles. The molecular formula is C21H17F3N4OS. The van der Waals surface area contributed by atoms with Gasteiger partial charge in [0.05, 0.1) is 10.4 Å². The third kappa shape index (κ3) is 3.32. The number of carbonyl (C=O) groups excluding carboxylic acids is 1. The van der Waals surface area contributed by atoms with Crippen molar-refractivity contribution in [3.05, 3.63) is 64.9 Å². The zero-order valence-electron chi connectivity index (χ0n) is 15.8. The van der Waals surface area contributed by atoms with Crippen LogP contribution in [0.4, 0.5) is 13.2 Å². The van der Waals surface area contributed by atoms with E-state index < -0.39 is 11.7 Å². The molecule has 4 aromatic rings. The maximum atomic E-state index is 13.1. The van der Waals surface area contributed by atoms with Gasteiger partial charge >= 0.3 is 6.18 Å². The van der Waals surface area contributed by atoms with Crippen molar-refractivity contribution < 1.29 is 18.0 Å². The third-order valence-electron chi connectivity index (χ3n) is 5.47. The summed E-state index contributed by atoms with van der Waals surface area (Å²) in [6.07, 6.45) is -1.90. The quantitative estimate of drug-likeness (QED) is 0.451. The molecular weight excluding hydrogens is 413 g/mol. The Morgan fingerprint density at radius 1 is 1.13 bits per heavy atom. The Labute approximate surface area is 173 Å². The van der Waals surface area contributed by atoms with E-state index in [1.807, 2.05) is 30.3 Å². The number of hydrogen-bond acceptors (Lipinski definition) is 4. The first-order valence-corrected chi connectivity index (χ1v) is 10.4. The van der Waals surface area contributed by atoms with Gasteiger partial charge in [0.25, 0.3) is 5.91 Å². The molecule has 1 fully saturated rings. The van der Waals surface area contributed by atoms with E-state index in [1.54, 1.807) is 4.90 Å². The molecule has 154 valence electrons. The van der Waals surface area contributed by atoms with Gasteiger partial charge in [-0.2, -0.15) is 13.2 Å². The number of hydrogen-bond donors (Lipinski definition) is 0. The number of amides is 1. The topological polar surface area (TPSA) is 50.5 Å². The van der Waals surface area contributed by atoms with Crippen molar-refractivity contribution >= 4 is 33.0 Å². The Morgan fingerprint density at radius 2 is 1.97 bits per heavy atom. The molecule has 1 unspecified atom stereocenters. The summed E-state index contributed by atoms with van der Waals surface area (Å²) in [7, 11) is 0. The molecule has 5 nitrogen and oxygen atoms in total. The largest absolute Gasteiger partial charge is 0.417 e. The highest BCUT2D eigenvalue weighted by Crippen LogP contribution is 2.32. The summed E-state index contributed by atoms with van der Waals surface area (Å²) in [6, 6.07) is 12.1. The Kier molecular flexibility index (Phi) is 4.50. The lowest BCUT2D eigenvalue weighted by atomic mass is 9.97. The highest BCUT2D eigenvalue weighted by Gasteiger charge is 2.33. The summed E-state index contributed by atoms with van der Waals surface area (Å²) in [5, 5.41) is 9.20. The summed E-state index contributed by atoms with van der Waals surface area (Å²) in [6.45, 7) is 1.03. The molecule has 30 heavy (non-hydrogen) atoms. The van der Waals surface area contributed by atoms with Crippen LogP contribution in [0.5, 0.6) is 0 Å². The van der Waals surface area contributed by atoms with Crippen LogP contribution in [-0.2, 0) is 6.18 Å². The van der Waals surface area contributed by atoms with Crippen molar-refractivity contribution in [2.75, 3.05) is 13.1 Å². The van der Waals surface area contributed by atoms with Gasteiger partial charge in [-0.25, -0.2) is 0 Å². The number of fused-ring (bicyclic) bond motifs is 2. The van der Waals surface area contributed by atoms with Gasteiger partial charge in [0, 0.05) is 29.9 Å². The van der Waals surface area contributed by atoms with Gasteiger partial charge in [-0.05, 0) is 42.5 Å². The second-order valence-corrected chi connectivity index (χ2v) is 8.52. The van der Waals surface area contributed by atoms with Crippen LogP contribution in [0.1, 0.15) is 39.8 Å². The number of alkyl halides is 3. The molecule has 0 radical (unpaired) electrons. The minimum absolute atomic E-state index is 0.0503. The standard InChI is InChI=1S/C21H17F3N4OS/c22-21(23,24)15-7-8-18-25-26-19(28(18)12-15)14-5-3-9-27(11-14)20(29)17-10-13-4-1-2-6-16(13)30-17/h1-2,4,6-8,10,12,14H,3,5,9,11H2. The van der Waals surface area contributed by atoms with Gasteiger partial charge in [-0.15, -0.1) is 21.5 Å². The van der Waals surface area contributed by atoms with Crippen molar-refractivity contribution in [3.63, 3.8) is 0 Å². The SMILES string of the molecule is O=C(c1cc2ccccc2s1)N1CCCC(c2nnc3ccc(C(F)(F)F)cn23)C1. The van der Waals surface area contributed by atoms with E-state index in [0.717, 1.165) is 35.2 Å². The van der Waals surface area contributed by atoms with Crippen LogP contribution in [-0.4, -0.2) is 38.5 Å². The van der Waals surface area contributed by atoms with Crippen molar-refractivity contribution in [1.82, 2.24) is 19.5 Å². The first-order valence-electron chi connectivity index (χ1n) is 9.60. The molecule has 1 amide bonds. The zero-order chi connectivity index (χ0) is 20.9. The molecule has 1 aromatic carbocycles. The van der Waals surface area contributed by atoms with E-state index >= 15 is 0 Å². The third-order valence-corrected chi connectivity index (χ3v) is 6.57. The van der Waals surface area contributed by atoms with Crippen LogP contribution in [0, 0.1) is 0 Å². The number of likely N-dealkylation sites (tertiary alicyclic amines) is 1. The minimum Gasteiger partial charge on any atom is -0.337 e. The highest BCUT2D eigenvalue weighted by atomic mass is 32.1. The van der Waals surface area contributed by atoms with Gasteiger partial charge in [-0.1, -0.05) is 18.2 Å². The van der Waals surface area contributed by atoms with E-state index in [1.165, 1.54) is 21.8 Å². The smallest absolute Gasteiger partial charge is 0.337 e. The molecule has 1 aliphatic rings. The fraction of sp³-hybridized carbons (Fsp3) is 0.286. The van der Waals surface area contributed by atoms with E-state index in [0.29, 0.717) is 29.4 Å². The number of piperidine rings is 1. The average molecular weight is 430 g/mol. The molecule has 5 rings (SSSR count). The number of rotatable bonds is 2. The predicted octanol–water partition coefficient (Wildman–Crippen LogP) is 4.98. The number of halogens is 3. The monoisotopic (exact) mass is 430 g/mol. The van der Waals surface area contributed by atoms with Gasteiger partial charge in [0.2, 0.25) is 0 Å². The van der Waals surface area contributed by atoms with Gasteiger partial charge in [-0.3, -0.25) is 9.20 Å². The zero-order valence-corrected chi connectivity index (χ0v) is 16.6. The molecule has 0 N–H and O–H groups in total. The molecule has 0 spiro atoms. The number of aromatic nitrogens is 3. The Bertz CT molecular complexity index is 1210. The predicted molar refractivity (Wildman–Crippen MR) is 108 cm³/mol. The van der Waals surface area contributed by atoms with Crippen LogP contribution in [0.2, 0.25) is 0 Å². The number of pyridine rings is 1. The fourth-order valence-electron chi connectivity index (χ4n) is 3.97. The molecule has 9 heteroatoms. The number of thiophene rings is 1. The first kappa shape index (κ1) is 19.0. The van der Waals surface area contributed by atoms with E-state index in [2.05, 4.69) is 10.2 Å². The number of benzene rings is 1. The van der Waals surface area contributed by atoms with Crippen molar-refractivity contribution in [2.45, 2.75) is 24.9 Å². The van der Waals surface area contributed by atoms with E-state index in [9.17, 15) is 18.0 Å². The highest BCUT2D eigenvalue weighted by molar-refractivity contribution is 7.20. The normalized spacial score (nSPS) is 17.7. The van der Waals surface area contributed by atoms with Gasteiger partial charge < -0.3 is 4.90 Å². The molecule has 3 aromatic heterocycles. The summed E-state index contributed by atoms with van der Waals surface area (Å²) in [5.74, 6) is 0.242. The Morgan fingerprint density at radius 3 is 2.77 bits per heavy atom. The van der Waals surface area contributed by atoms with Crippen LogP contribution in [0.3, 0.4) is 0 Å². The minimum atomic E-state index is -4.44. The Hall–Kier alpha value is -2.94. The van der Waals surface area contributed by atoms with Crippen molar-refractivity contribution in [1.29, 1.82) is 0 Å². The number of carbonyl (C=O) groups is 1. The average Bonchev–Trinajstić information content (AvgIpc) is 3.36. The summed E-state index contributed by atoms with van der Waals surface area (Å²) in [4.78, 5) is 15.5. The maximum Gasteiger partial charge on any atom is 0.417 e. The second kappa shape index (κ2) is 7.09. The lowest BCUT2D eigenvalue weighted by molar-refractivity contribution is -0.137. The van der Waals surface area contributed by atoms with Crippen LogP contribution in [0.25, 0.3) is 15.7 Å². The second-order valence-electron chi connectivity index (χ2n) is 7.44. The van der Waals surface area contributed by atoms with Crippen molar-refractivity contribution in [3.8, 4) is 0 Å². The maximum absolute atomic E-state index is 13.1. The van der Waals surface area contributed by atoms with Crippen LogP contribution in [0.15, 0.2) is 48.7 Å². The Balaban J connectivity index is 1.43. The fourth-order valence-corrected chi connectivity index (χ4v) is 5.00. The van der Waals surface area contributed by atoms with E-state index in [-0.39, 0.29) is 11.8 Å². The summed E-state index contributed by atoms with van der Waals surface area (Å²) >= 11 is 1.46. The number of nitrogens with zero attached hydrogens (tertiary/aromatic N) is 4. The van der Waals surface area contributed by atoms with Gasteiger partial charge in [0.1, 0.15) is 5.82 Å². The van der Waals surface area contributed by atoms with Gasteiger partial charge in [0.15, 0.2) is 5.65 Å². The van der Waals surface area contributed by atoms with E-state index in [4.69, 9.17) is 0 Å². The molecule has 4 heterocycles. The van der Waals surface area contributed by atoms with Crippen LogP contribution < -0.4 is 0 Å². The summed E-state index contributed by atoms with van der Waals surface area (Å²) in [5.41, 5.74) is -0.379. The lowest BCUT2D eigenvalue weighted by Gasteiger charge is -2.31. The summed E-state index contributed by atoms with van der Waals surface area (Å²) < 4.78 is 41.9.